The van der Waals surface area contributed by atoms with Gasteiger partial charge in [0.15, 0.2) is 0 Å². The topological polar surface area (TPSA) is 96.5 Å². The molecule has 32 heavy (non-hydrogen) atoms. The fourth-order valence-corrected chi connectivity index (χ4v) is 3.49. The van der Waals surface area contributed by atoms with E-state index in [2.05, 4.69) is 16.2 Å². The Morgan fingerprint density at radius 1 is 0.969 bits per heavy atom. The van der Waals surface area contributed by atoms with Gasteiger partial charge in [0.05, 0.1) is 12.1 Å². The van der Waals surface area contributed by atoms with E-state index in [0.29, 0.717) is 17.5 Å². The van der Waals surface area contributed by atoms with Gasteiger partial charge in [0.2, 0.25) is 0 Å². The maximum atomic E-state index is 12.5. The van der Waals surface area contributed by atoms with Crippen LogP contribution in [-0.2, 0) is 16.0 Å². The van der Waals surface area contributed by atoms with Gasteiger partial charge in [-0.05, 0) is 48.4 Å². The zero-order chi connectivity index (χ0) is 22.5. The summed E-state index contributed by atoms with van der Waals surface area (Å²) < 4.78 is 5.54. The normalized spacial score (nSPS) is 14.7. The van der Waals surface area contributed by atoms with Gasteiger partial charge < -0.3 is 10.1 Å². The molecule has 0 aromatic heterocycles. The number of ether oxygens (including phenoxy) is 1. The molecule has 1 aliphatic rings. The number of cyclic esters (lactones) is 1. The lowest BCUT2D eigenvalue weighted by Crippen LogP contribution is -2.44. The molecule has 1 unspecified atom stereocenters. The van der Waals surface area contributed by atoms with Crippen molar-refractivity contribution >= 4 is 23.5 Å². The van der Waals surface area contributed by atoms with E-state index in [1.807, 2.05) is 61.5 Å². The fourth-order valence-electron chi connectivity index (χ4n) is 3.49. The van der Waals surface area contributed by atoms with Crippen molar-refractivity contribution in [2.24, 2.45) is 0 Å². The average Bonchev–Trinajstić information content (AvgIpc) is 2.82. The monoisotopic (exact) mass is 429 g/mol. The smallest absolute Gasteiger partial charge is 0.339 e. The predicted octanol–water partition coefficient (Wildman–Crippen LogP) is 3.32. The summed E-state index contributed by atoms with van der Waals surface area (Å²) in [6.45, 7) is 2.00. The highest BCUT2D eigenvalue weighted by Gasteiger charge is 2.28. The van der Waals surface area contributed by atoms with Crippen molar-refractivity contribution in [1.29, 1.82) is 0 Å². The van der Waals surface area contributed by atoms with Crippen LogP contribution in [0.2, 0.25) is 0 Å². The van der Waals surface area contributed by atoms with Gasteiger partial charge in [-0.3, -0.25) is 20.4 Å². The van der Waals surface area contributed by atoms with Gasteiger partial charge >= 0.3 is 5.97 Å². The maximum Gasteiger partial charge on any atom is 0.339 e. The van der Waals surface area contributed by atoms with Gasteiger partial charge in [-0.2, -0.15) is 0 Å². The van der Waals surface area contributed by atoms with Crippen LogP contribution < -0.4 is 16.2 Å². The molecule has 162 valence electrons. The van der Waals surface area contributed by atoms with Crippen molar-refractivity contribution in [3.8, 4) is 0 Å². The van der Waals surface area contributed by atoms with E-state index in [1.165, 1.54) is 6.07 Å². The zero-order valence-electron chi connectivity index (χ0n) is 17.6. The summed E-state index contributed by atoms with van der Waals surface area (Å²) in [5.41, 5.74) is 9.16. The molecule has 4 rings (SSSR count). The summed E-state index contributed by atoms with van der Waals surface area (Å²) in [6, 6.07) is 21.9. The molecule has 3 aromatic rings. The molecule has 3 aromatic carbocycles. The second-order valence-electron chi connectivity index (χ2n) is 7.60. The number of anilines is 1. The number of rotatable bonds is 5. The summed E-state index contributed by atoms with van der Waals surface area (Å²) in [7, 11) is 0. The number of carbonyl (C=O) groups excluding carboxylic acids is 3. The largest absolute Gasteiger partial charge is 0.454 e. The molecule has 1 atom stereocenters. The molecular formula is C25H23N3O4. The zero-order valence-corrected chi connectivity index (χ0v) is 17.6. The van der Waals surface area contributed by atoms with Crippen LogP contribution in [0.1, 0.15) is 43.5 Å². The van der Waals surface area contributed by atoms with Crippen molar-refractivity contribution in [2.75, 3.05) is 11.9 Å². The first kappa shape index (κ1) is 21.1. The van der Waals surface area contributed by atoms with E-state index in [9.17, 15) is 14.4 Å². The van der Waals surface area contributed by atoms with Crippen molar-refractivity contribution in [2.45, 2.75) is 19.4 Å². The lowest BCUT2D eigenvalue weighted by Gasteiger charge is -2.25. The molecule has 0 spiro atoms. The fraction of sp³-hybridized carbons (Fsp3) is 0.160. The third kappa shape index (κ3) is 4.95. The van der Waals surface area contributed by atoms with Crippen molar-refractivity contribution in [3.63, 3.8) is 0 Å². The van der Waals surface area contributed by atoms with Crippen LogP contribution in [0.25, 0.3) is 0 Å². The molecule has 2 amide bonds. The highest BCUT2D eigenvalue weighted by Crippen LogP contribution is 2.31. The number of benzene rings is 3. The van der Waals surface area contributed by atoms with Gasteiger partial charge in [-0.15, -0.1) is 0 Å². The highest BCUT2D eigenvalue weighted by molar-refractivity contribution is 5.98. The average molecular weight is 429 g/mol. The van der Waals surface area contributed by atoms with E-state index in [1.54, 1.807) is 12.1 Å². The van der Waals surface area contributed by atoms with E-state index in [-0.39, 0.29) is 12.5 Å². The van der Waals surface area contributed by atoms with E-state index >= 15 is 0 Å². The van der Waals surface area contributed by atoms with Gasteiger partial charge in [0, 0.05) is 17.7 Å². The molecular weight excluding hydrogens is 406 g/mol. The van der Waals surface area contributed by atoms with Crippen LogP contribution in [0.5, 0.6) is 0 Å². The van der Waals surface area contributed by atoms with Gasteiger partial charge in [0.25, 0.3) is 11.8 Å². The van der Waals surface area contributed by atoms with Crippen LogP contribution in [0, 0.1) is 6.92 Å². The molecule has 7 heteroatoms. The lowest BCUT2D eigenvalue weighted by atomic mass is 9.93. The molecule has 7 nitrogen and oxygen atoms in total. The second kappa shape index (κ2) is 9.34. The minimum atomic E-state index is -0.466. The van der Waals surface area contributed by atoms with Crippen molar-refractivity contribution < 1.29 is 19.1 Å². The quantitative estimate of drug-likeness (QED) is 0.427. The number of esters is 1. The second-order valence-corrected chi connectivity index (χ2v) is 7.60. The number of aryl methyl sites for hydroxylation is 1. The standard InChI is InChI=1S/C25H23N3O4/c1-16-7-10-20(11-8-16)26-15-23(29)27-28-24(30)18-9-12-21-19(13-18)14-22(32-25(21)31)17-5-3-2-4-6-17/h2-13,22,26H,14-15H2,1H3,(H,27,29)(H,28,30). The Kier molecular flexibility index (Phi) is 6.17. The first-order valence-electron chi connectivity index (χ1n) is 10.3. The van der Waals surface area contributed by atoms with Crippen molar-refractivity contribution in [1.82, 2.24) is 10.9 Å². The van der Waals surface area contributed by atoms with Gasteiger partial charge in [0.1, 0.15) is 6.10 Å². The molecule has 0 fully saturated rings. The molecule has 1 aliphatic heterocycles. The minimum absolute atomic E-state index is 0.0120. The Morgan fingerprint density at radius 2 is 1.72 bits per heavy atom. The third-order valence-corrected chi connectivity index (χ3v) is 5.23. The number of hydrogen-bond acceptors (Lipinski definition) is 5. The molecule has 0 aliphatic carbocycles. The summed E-state index contributed by atoms with van der Waals surface area (Å²) >= 11 is 0. The molecule has 0 saturated heterocycles. The first-order chi connectivity index (χ1) is 15.5. The minimum Gasteiger partial charge on any atom is -0.454 e. The number of hydrazine groups is 1. The van der Waals surface area contributed by atoms with E-state index < -0.39 is 18.0 Å². The molecule has 0 radical (unpaired) electrons. The Bertz CT molecular complexity index is 1140. The van der Waals surface area contributed by atoms with Crippen LogP contribution in [-0.4, -0.2) is 24.3 Å². The van der Waals surface area contributed by atoms with Crippen LogP contribution in [0.15, 0.2) is 72.8 Å². The number of carbonyl (C=O) groups is 3. The van der Waals surface area contributed by atoms with Crippen LogP contribution in [0.3, 0.4) is 0 Å². The predicted molar refractivity (Wildman–Crippen MR) is 120 cm³/mol. The van der Waals surface area contributed by atoms with E-state index in [4.69, 9.17) is 4.74 Å². The SMILES string of the molecule is Cc1ccc(NCC(=O)NNC(=O)c2ccc3c(c2)CC(c2ccccc2)OC3=O)cc1. The van der Waals surface area contributed by atoms with Crippen LogP contribution >= 0.6 is 0 Å². The lowest BCUT2D eigenvalue weighted by molar-refractivity contribution is -0.120. The number of fused-ring (bicyclic) bond motifs is 1. The molecule has 0 bridgehead atoms. The third-order valence-electron chi connectivity index (χ3n) is 5.23. The molecule has 0 saturated carbocycles. The molecule has 1 heterocycles. The summed E-state index contributed by atoms with van der Waals surface area (Å²) in [4.78, 5) is 36.9. The Hall–Kier alpha value is -4.13. The highest BCUT2D eigenvalue weighted by atomic mass is 16.5. The Balaban J connectivity index is 1.36. The Labute approximate surface area is 185 Å². The summed E-state index contributed by atoms with van der Waals surface area (Å²) in [5, 5.41) is 2.99. The summed E-state index contributed by atoms with van der Waals surface area (Å²) in [6.07, 6.45) is 0.0704. The van der Waals surface area contributed by atoms with Crippen LogP contribution in [0.4, 0.5) is 5.69 Å². The molecule has 3 N–H and O–H groups in total. The Morgan fingerprint density at radius 3 is 2.47 bits per heavy atom. The number of amides is 2. The number of nitrogens with one attached hydrogen (secondary N) is 3. The first-order valence-corrected chi connectivity index (χ1v) is 10.3. The van der Waals surface area contributed by atoms with Crippen molar-refractivity contribution in [3.05, 3.63) is 101 Å². The summed E-state index contributed by atoms with van der Waals surface area (Å²) in [5.74, 6) is -1.26. The van der Waals surface area contributed by atoms with Gasteiger partial charge in [-0.1, -0.05) is 48.0 Å². The van der Waals surface area contributed by atoms with Gasteiger partial charge in [-0.25, -0.2) is 4.79 Å². The number of hydrogen-bond donors (Lipinski definition) is 3. The maximum absolute atomic E-state index is 12.5. The van der Waals surface area contributed by atoms with E-state index in [0.717, 1.165) is 22.4 Å².